The van der Waals surface area contributed by atoms with Crippen molar-refractivity contribution in [3.05, 3.63) is 77.4 Å². The standard InChI is InChI=1S/C19H14F3NO4/c20-19(21,22)27-16-9-7-15(8-10-16)17(24)11-5-13-1-3-14(4-2-13)6-12-18(25)23-26/h1-12,26H,(H,23,25)/b11-5+,12-6+. The Morgan fingerprint density at radius 1 is 0.889 bits per heavy atom. The summed E-state index contributed by atoms with van der Waals surface area (Å²) in [5.41, 5.74) is 3.11. The number of benzene rings is 2. The Balaban J connectivity index is 1.99. The quantitative estimate of drug-likeness (QED) is 0.345. The fourth-order valence-corrected chi connectivity index (χ4v) is 2.02. The number of hydrogen-bond donors (Lipinski definition) is 2. The third-order valence-corrected chi connectivity index (χ3v) is 3.27. The third-order valence-electron chi connectivity index (χ3n) is 3.27. The highest BCUT2D eigenvalue weighted by Gasteiger charge is 2.30. The van der Waals surface area contributed by atoms with E-state index in [1.807, 2.05) is 0 Å². The molecule has 0 aliphatic carbocycles. The highest BCUT2D eigenvalue weighted by atomic mass is 19.4. The van der Waals surface area contributed by atoms with Crippen molar-refractivity contribution in [2.45, 2.75) is 6.36 Å². The number of rotatable bonds is 6. The van der Waals surface area contributed by atoms with E-state index in [4.69, 9.17) is 5.21 Å². The number of nitrogens with one attached hydrogen (secondary N) is 1. The van der Waals surface area contributed by atoms with Gasteiger partial charge in [0.05, 0.1) is 0 Å². The van der Waals surface area contributed by atoms with Crippen LogP contribution in [0.4, 0.5) is 13.2 Å². The molecule has 0 aromatic heterocycles. The van der Waals surface area contributed by atoms with Crippen molar-refractivity contribution in [2.24, 2.45) is 0 Å². The molecule has 0 bridgehead atoms. The zero-order valence-corrected chi connectivity index (χ0v) is 13.7. The first-order chi connectivity index (χ1) is 12.8. The summed E-state index contributed by atoms with van der Waals surface area (Å²) in [5.74, 6) is -1.44. The van der Waals surface area contributed by atoms with Gasteiger partial charge in [-0.25, -0.2) is 5.48 Å². The van der Waals surface area contributed by atoms with Crippen molar-refractivity contribution in [3.63, 3.8) is 0 Å². The molecule has 0 unspecified atom stereocenters. The number of carbonyl (C=O) groups excluding carboxylic acids is 2. The molecule has 0 heterocycles. The first kappa shape index (κ1) is 19.9. The molecule has 2 aromatic carbocycles. The molecule has 1 amide bonds. The van der Waals surface area contributed by atoms with Gasteiger partial charge in [-0.15, -0.1) is 13.2 Å². The molecular weight excluding hydrogens is 363 g/mol. The van der Waals surface area contributed by atoms with E-state index in [0.29, 0.717) is 11.1 Å². The highest BCUT2D eigenvalue weighted by Crippen LogP contribution is 2.23. The maximum absolute atomic E-state index is 12.1. The Hall–Kier alpha value is -3.39. The van der Waals surface area contributed by atoms with Crippen LogP contribution in [0, 0.1) is 0 Å². The highest BCUT2D eigenvalue weighted by molar-refractivity contribution is 6.06. The third kappa shape index (κ3) is 6.79. The van der Waals surface area contributed by atoms with E-state index in [2.05, 4.69) is 4.74 Å². The van der Waals surface area contributed by atoms with Gasteiger partial charge in [-0.2, -0.15) is 0 Å². The fraction of sp³-hybridized carbons (Fsp3) is 0.0526. The van der Waals surface area contributed by atoms with E-state index in [9.17, 15) is 22.8 Å². The molecule has 2 aromatic rings. The molecule has 2 rings (SSSR count). The molecule has 0 aliphatic heterocycles. The Kier molecular flexibility index (Phi) is 6.51. The Labute approximate surface area is 152 Å². The molecule has 0 saturated carbocycles. The lowest BCUT2D eigenvalue weighted by Gasteiger charge is -2.08. The number of ketones is 1. The van der Waals surface area contributed by atoms with Gasteiger partial charge in [0.2, 0.25) is 0 Å². The summed E-state index contributed by atoms with van der Waals surface area (Å²) >= 11 is 0. The number of hydroxylamine groups is 1. The van der Waals surface area contributed by atoms with Crippen LogP contribution in [-0.2, 0) is 4.79 Å². The van der Waals surface area contributed by atoms with Gasteiger partial charge < -0.3 is 4.74 Å². The molecule has 0 aliphatic rings. The number of allylic oxidation sites excluding steroid dienone is 1. The summed E-state index contributed by atoms with van der Waals surface area (Å²) in [5, 5.41) is 8.39. The Bertz CT molecular complexity index is 854. The molecule has 0 radical (unpaired) electrons. The minimum Gasteiger partial charge on any atom is -0.406 e. The average molecular weight is 377 g/mol. The van der Waals surface area contributed by atoms with Crippen molar-refractivity contribution >= 4 is 23.8 Å². The van der Waals surface area contributed by atoms with Crippen molar-refractivity contribution in [3.8, 4) is 5.75 Å². The maximum Gasteiger partial charge on any atom is 0.573 e. The van der Waals surface area contributed by atoms with Gasteiger partial charge >= 0.3 is 6.36 Å². The van der Waals surface area contributed by atoms with E-state index < -0.39 is 18.0 Å². The van der Waals surface area contributed by atoms with Gasteiger partial charge in [0.25, 0.3) is 5.91 Å². The van der Waals surface area contributed by atoms with Crippen molar-refractivity contribution < 1.29 is 32.7 Å². The van der Waals surface area contributed by atoms with Crippen LogP contribution < -0.4 is 10.2 Å². The molecule has 0 saturated heterocycles. The number of amides is 1. The zero-order valence-electron chi connectivity index (χ0n) is 13.7. The SMILES string of the molecule is O=C(/C=C/c1ccc(/C=C/C(=O)c2ccc(OC(F)(F)F)cc2)cc1)NO. The first-order valence-corrected chi connectivity index (χ1v) is 7.57. The number of ether oxygens (including phenoxy) is 1. The Morgan fingerprint density at radius 2 is 1.41 bits per heavy atom. The number of alkyl halides is 3. The summed E-state index contributed by atoms with van der Waals surface area (Å²) in [6.45, 7) is 0. The van der Waals surface area contributed by atoms with Gasteiger partial charge in [-0.05, 0) is 47.5 Å². The number of hydrogen-bond acceptors (Lipinski definition) is 4. The molecule has 0 atom stereocenters. The van der Waals surface area contributed by atoms with Crippen LogP contribution in [0.5, 0.6) is 5.75 Å². The summed E-state index contributed by atoms with van der Waals surface area (Å²) in [7, 11) is 0. The van der Waals surface area contributed by atoms with Crippen LogP contribution >= 0.6 is 0 Å². The lowest BCUT2D eigenvalue weighted by Crippen LogP contribution is -2.17. The van der Waals surface area contributed by atoms with Gasteiger partial charge in [0.1, 0.15) is 5.75 Å². The second-order valence-corrected chi connectivity index (χ2v) is 5.25. The largest absolute Gasteiger partial charge is 0.573 e. The van der Waals surface area contributed by atoms with E-state index in [0.717, 1.165) is 18.2 Å². The molecule has 27 heavy (non-hydrogen) atoms. The van der Waals surface area contributed by atoms with Gasteiger partial charge in [0.15, 0.2) is 5.78 Å². The summed E-state index contributed by atoms with van der Waals surface area (Å²) in [4.78, 5) is 23.0. The summed E-state index contributed by atoms with van der Waals surface area (Å²) < 4.78 is 40.1. The second-order valence-electron chi connectivity index (χ2n) is 5.25. The minimum atomic E-state index is -4.78. The smallest absolute Gasteiger partial charge is 0.406 e. The maximum atomic E-state index is 12.1. The normalized spacial score (nSPS) is 11.7. The van der Waals surface area contributed by atoms with Gasteiger partial charge in [-0.3, -0.25) is 14.8 Å². The topological polar surface area (TPSA) is 75.6 Å². The second kappa shape index (κ2) is 8.81. The van der Waals surface area contributed by atoms with Crippen molar-refractivity contribution in [1.29, 1.82) is 0 Å². The Morgan fingerprint density at radius 3 is 1.89 bits per heavy atom. The van der Waals surface area contributed by atoms with E-state index in [1.54, 1.807) is 30.3 Å². The molecule has 140 valence electrons. The molecule has 0 fully saturated rings. The monoisotopic (exact) mass is 377 g/mol. The van der Waals surface area contributed by atoms with Crippen LogP contribution in [0.2, 0.25) is 0 Å². The molecule has 8 heteroatoms. The fourth-order valence-electron chi connectivity index (χ4n) is 2.02. The molecular formula is C19H14F3NO4. The molecule has 0 spiro atoms. The van der Waals surface area contributed by atoms with Crippen LogP contribution in [-0.4, -0.2) is 23.3 Å². The van der Waals surface area contributed by atoms with Crippen LogP contribution in [0.1, 0.15) is 21.5 Å². The van der Waals surface area contributed by atoms with E-state index >= 15 is 0 Å². The predicted octanol–water partition coefficient (Wildman–Crippen LogP) is 4.00. The summed E-state index contributed by atoms with van der Waals surface area (Å²) in [6.07, 6.45) is 0.712. The van der Waals surface area contributed by atoms with Crippen LogP contribution in [0.25, 0.3) is 12.2 Å². The lowest BCUT2D eigenvalue weighted by molar-refractivity contribution is -0.274. The van der Waals surface area contributed by atoms with Crippen LogP contribution in [0.15, 0.2) is 60.7 Å². The lowest BCUT2D eigenvalue weighted by atomic mass is 10.1. The first-order valence-electron chi connectivity index (χ1n) is 7.57. The van der Waals surface area contributed by atoms with Gasteiger partial charge in [-0.1, -0.05) is 30.3 Å². The summed E-state index contributed by atoms with van der Waals surface area (Å²) in [6, 6.07) is 11.4. The molecule has 2 N–H and O–H groups in total. The molecule has 5 nitrogen and oxygen atoms in total. The number of carbonyl (C=O) groups is 2. The predicted molar refractivity (Wildman–Crippen MR) is 91.9 cm³/mol. The average Bonchev–Trinajstić information content (AvgIpc) is 2.64. The minimum absolute atomic E-state index is 0.218. The van der Waals surface area contributed by atoms with E-state index in [-0.39, 0.29) is 11.3 Å². The number of halogens is 3. The zero-order chi connectivity index (χ0) is 19.9. The van der Waals surface area contributed by atoms with Gasteiger partial charge in [0, 0.05) is 11.6 Å². The van der Waals surface area contributed by atoms with Crippen LogP contribution in [0.3, 0.4) is 0 Å². The van der Waals surface area contributed by atoms with Crippen molar-refractivity contribution in [2.75, 3.05) is 0 Å². The van der Waals surface area contributed by atoms with E-state index in [1.165, 1.54) is 29.8 Å². The van der Waals surface area contributed by atoms with Crippen molar-refractivity contribution in [1.82, 2.24) is 5.48 Å².